The summed E-state index contributed by atoms with van der Waals surface area (Å²) in [6.45, 7) is 2.31. The van der Waals surface area contributed by atoms with Gasteiger partial charge in [0.05, 0.1) is 12.0 Å². The number of rotatable bonds is 2. The third-order valence-electron chi connectivity index (χ3n) is 4.01. The molecule has 2 N–H and O–H groups in total. The molecule has 0 spiro atoms. The Hall–Kier alpha value is -2.37. The zero-order valence-electron chi connectivity index (χ0n) is 11.9. The largest absolute Gasteiger partial charge is 0.385 e. The van der Waals surface area contributed by atoms with Gasteiger partial charge in [0.2, 0.25) is 0 Å². The summed E-state index contributed by atoms with van der Waals surface area (Å²) < 4.78 is 0. The summed E-state index contributed by atoms with van der Waals surface area (Å²) in [5.74, 6) is 0.778. The van der Waals surface area contributed by atoms with Crippen molar-refractivity contribution >= 4 is 5.91 Å². The van der Waals surface area contributed by atoms with Crippen molar-refractivity contribution in [1.29, 1.82) is 0 Å². The number of nitrogens with two attached hydrogens (primary N) is 1. The molecule has 2 aliphatic rings. The van der Waals surface area contributed by atoms with Crippen molar-refractivity contribution in [2.24, 2.45) is 5.73 Å². The lowest BCUT2D eigenvalue weighted by molar-refractivity contribution is 0.0652. The van der Waals surface area contributed by atoms with Crippen LogP contribution in [0.15, 0.2) is 42.6 Å². The molecule has 110 valence electrons. The van der Waals surface area contributed by atoms with Crippen LogP contribution >= 0.6 is 0 Å². The molecule has 0 atom stereocenters. The third kappa shape index (κ3) is 2.89. The average molecular weight is 285 g/mol. The predicted molar refractivity (Wildman–Crippen MR) is 79.1 cm³/mol. The van der Waals surface area contributed by atoms with E-state index < -0.39 is 0 Å². The summed E-state index contributed by atoms with van der Waals surface area (Å²) in [7, 11) is 0. The predicted octanol–water partition coefficient (Wildman–Crippen LogP) is 0.753. The molecule has 0 saturated carbocycles. The fourth-order valence-electron chi connectivity index (χ4n) is 2.85. The van der Waals surface area contributed by atoms with E-state index in [-0.39, 0.29) is 5.91 Å². The minimum Gasteiger partial charge on any atom is -0.385 e. The van der Waals surface area contributed by atoms with Gasteiger partial charge < -0.3 is 15.5 Å². The Morgan fingerprint density at radius 3 is 2.76 bits per heavy atom. The number of piperidine rings is 1. The van der Waals surface area contributed by atoms with Gasteiger partial charge >= 0.3 is 0 Å². The molecule has 1 amide bonds. The van der Waals surface area contributed by atoms with Crippen molar-refractivity contribution in [2.45, 2.75) is 18.9 Å². The van der Waals surface area contributed by atoms with E-state index in [2.05, 4.69) is 20.9 Å². The van der Waals surface area contributed by atoms with E-state index in [1.54, 1.807) is 12.4 Å². The highest BCUT2D eigenvalue weighted by molar-refractivity contribution is 5.92. The molecular weight excluding hydrogens is 266 g/mol. The summed E-state index contributed by atoms with van der Waals surface area (Å²) in [5.41, 5.74) is 6.45. The fourth-order valence-corrected chi connectivity index (χ4v) is 2.85. The quantitative estimate of drug-likeness (QED) is 0.868. The molecular formula is C15H19N5O. The summed E-state index contributed by atoms with van der Waals surface area (Å²) in [6, 6.07) is 0.400. The van der Waals surface area contributed by atoms with Crippen LogP contribution in [0, 0.1) is 0 Å². The highest BCUT2D eigenvalue weighted by Crippen LogP contribution is 2.21. The number of carbonyl (C=O) groups is 1. The molecule has 0 aliphatic carbocycles. The Morgan fingerprint density at radius 2 is 2.10 bits per heavy atom. The lowest BCUT2D eigenvalue weighted by atomic mass is 10.0. The smallest absolute Gasteiger partial charge is 0.274 e. The maximum absolute atomic E-state index is 12.3. The second-order valence-corrected chi connectivity index (χ2v) is 5.29. The lowest BCUT2D eigenvalue weighted by Crippen LogP contribution is -2.48. The molecule has 21 heavy (non-hydrogen) atoms. The summed E-state index contributed by atoms with van der Waals surface area (Å²) in [5, 5.41) is 0. The number of aromatic nitrogens is 2. The minimum atomic E-state index is -0.0383. The Bertz CT molecular complexity index is 561. The molecule has 1 aromatic heterocycles. The summed E-state index contributed by atoms with van der Waals surface area (Å²) in [6.07, 6.45) is 12.5. The van der Waals surface area contributed by atoms with Gasteiger partial charge in [-0.2, -0.15) is 0 Å². The number of carbonyl (C=O) groups excluding carboxylic acids is 1. The lowest BCUT2D eigenvalue weighted by Gasteiger charge is -2.40. The van der Waals surface area contributed by atoms with Crippen LogP contribution in [0.5, 0.6) is 0 Å². The number of amides is 1. The molecule has 6 heteroatoms. The Balaban J connectivity index is 1.59. The number of hydrogen-bond donors (Lipinski definition) is 1. The minimum absolute atomic E-state index is 0.0383. The van der Waals surface area contributed by atoms with Crippen LogP contribution in [-0.2, 0) is 0 Å². The average Bonchev–Trinajstić information content (AvgIpc) is 2.56. The van der Waals surface area contributed by atoms with Gasteiger partial charge in [-0.3, -0.25) is 9.78 Å². The van der Waals surface area contributed by atoms with E-state index in [4.69, 9.17) is 5.73 Å². The molecule has 1 fully saturated rings. The van der Waals surface area contributed by atoms with Gasteiger partial charge in [-0.05, 0) is 18.9 Å². The van der Waals surface area contributed by atoms with Crippen LogP contribution in [-0.4, -0.2) is 51.4 Å². The van der Waals surface area contributed by atoms with E-state index in [9.17, 15) is 4.79 Å². The summed E-state index contributed by atoms with van der Waals surface area (Å²) in [4.78, 5) is 24.4. The second-order valence-electron chi connectivity index (χ2n) is 5.29. The maximum Gasteiger partial charge on any atom is 0.274 e. The van der Waals surface area contributed by atoms with Gasteiger partial charge in [0.1, 0.15) is 5.69 Å². The van der Waals surface area contributed by atoms with Gasteiger partial charge in [0.25, 0.3) is 5.91 Å². The zero-order valence-corrected chi connectivity index (χ0v) is 11.9. The topological polar surface area (TPSA) is 75.3 Å². The van der Waals surface area contributed by atoms with Crippen molar-refractivity contribution in [3.8, 4) is 0 Å². The molecule has 3 heterocycles. The molecule has 6 nitrogen and oxygen atoms in total. The number of hydrogen-bond acceptors (Lipinski definition) is 5. The van der Waals surface area contributed by atoms with Crippen molar-refractivity contribution in [3.05, 3.63) is 48.3 Å². The SMILES string of the molecule is NC1=CC=CCN1C1CCN(C(=O)c2cnccn2)CC1. The van der Waals surface area contributed by atoms with E-state index in [0.29, 0.717) is 11.7 Å². The van der Waals surface area contributed by atoms with E-state index in [1.165, 1.54) is 6.20 Å². The van der Waals surface area contributed by atoms with Gasteiger partial charge in [0.15, 0.2) is 0 Å². The Labute approximate surface area is 124 Å². The van der Waals surface area contributed by atoms with Crippen molar-refractivity contribution in [3.63, 3.8) is 0 Å². The normalized spacial score (nSPS) is 19.5. The van der Waals surface area contributed by atoms with E-state index in [1.807, 2.05) is 17.1 Å². The van der Waals surface area contributed by atoms with Crippen molar-refractivity contribution in [1.82, 2.24) is 19.8 Å². The molecule has 1 saturated heterocycles. The highest BCUT2D eigenvalue weighted by Gasteiger charge is 2.28. The fraction of sp³-hybridized carbons (Fsp3) is 0.400. The van der Waals surface area contributed by atoms with Crippen LogP contribution in [0.4, 0.5) is 0 Å². The van der Waals surface area contributed by atoms with Gasteiger partial charge in [-0.1, -0.05) is 12.2 Å². The Kier molecular flexibility index (Phi) is 3.85. The molecule has 0 bridgehead atoms. The van der Waals surface area contributed by atoms with Crippen LogP contribution in [0.3, 0.4) is 0 Å². The number of likely N-dealkylation sites (tertiary alicyclic amines) is 1. The number of allylic oxidation sites excluding steroid dienone is 2. The third-order valence-corrected chi connectivity index (χ3v) is 4.01. The maximum atomic E-state index is 12.3. The zero-order chi connectivity index (χ0) is 14.7. The molecule has 0 aromatic carbocycles. The first-order chi connectivity index (χ1) is 10.3. The highest BCUT2D eigenvalue weighted by atomic mass is 16.2. The summed E-state index contributed by atoms with van der Waals surface area (Å²) >= 11 is 0. The molecule has 0 unspecified atom stereocenters. The van der Waals surface area contributed by atoms with Crippen LogP contribution in [0.1, 0.15) is 23.3 Å². The van der Waals surface area contributed by atoms with Gasteiger partial charge in [-0.25, -0.2) is 4.98 Å². The molecule has 3 rings (SSSR count). The molecule has 2 aliphatic heterocycles. The first-order valence-electron chi connectivity index (χ1n) is 7.20. The van der Waals surface area contributed by atoms with E-state index in [0.717, 1.165) is 38.3 Å². The second kappa shape index (κ2) is 5.95. The first-order valence-corrected chi connectivity index (χ1v) is 7.20. The number of nitrogens with zero attached hydrogens (tertiary/aromatic N) is 4. The van der Waals surface area contributed by atoms with E-state index >= 15 is 0 Å². The van der Waals surface area contributed by atoms with Crippen molar-refractivity contribution in [2.75, 3.05) is 19.6 Å². The molecule has 0 radical (unpaired) electrons. The molecule has 1 aromatic rings. The monoisotopic (exact) mass is 285 g/mol. The Morgan fingerprint density at radius 1 is 1.29 bits per heavy atom. The van der Waals surface area contributed by atoms with Crippen molar-refractivity contribution < 1.29 is 4.79 Å². The van der Waals surface area contributed by atoms with Gasteiger partial charge in [-0.15, -0.1) is 0 Å². The standard InChI is InChI=1S/C15H19N5O/c16-14-3-1-2-8-20(14)12-4-9-19(10-5-12)15(21)13-11-17-6-7-18-13/h1-3,6-7,11-12H,4-5,8-10,16H2. The van der Waals surface area contributed by atoms with Crippen LogP contribution in [0.25, 0.3) is 0 Å². The first kappa shape index (κ1) is 13.6. The van der Waals surface area contributed by atoms with Crippen LogP contribution in [0.2, 0.25) is 0 Å². The van der Waals surface area contributed by atoms with Crippen LogP contribution < -0.4 is 5.73 Å². The van der Waals surface area contributed by atoms with Gasteiger partial charge in [0, 0.05) is 38.1 Å².